The molecule has 1 heterocycles. The molecule has 0 aliphatic rings. The summed E-state index contributed by atoms with van der Waals surface area (Å²) in [6.45, 7) is 1.94. The highest BCUT2D eigenvalue weighted by molar-refractivity contribution is 6.33. The number of hydrogen-bond donors (Lipinski definition) is 0. The normalized spacial score (nSPS) is 11.3. The number of rotatable bonds is 6. The smallest absolute Gasteiger partial charge is 0.339 e. The molecule has 0 fully saturated rings. The van der Waals surface area contributed by atoms with E-state index in [-0.39, 0.29) is 22.9 Å². The Morgan fingerprint density at radius 2 is 1.93 bits per heavy atom. The van der Waals surface area contributed by atoms with Gasteiger partial charge in [0.05, 0.1) is 33.8 Å². The van der Waals surface area contributed by atoms with Gasteiger partial charge in [-0.25, -0.2) is 4.79 Å². The highest BCUT2D eigenvalue weighted by atomic mass is 35.5. The van der Waals surface area contributed by atoms with Crippen molar-refractivity contribution >= 4 is 29.3 Å². The third kappa shape index (κ3) is 4.29. The molecule has 3 aromatic rings. The van der Waals surface area contributed by atoms with Crippen molar-refractivity contribution in [2.45, 2.75) is 6.92 Å². The molecular formula is C21H16ClNO5. The van der Waals surface area contributed by atoms with Crippen LogP contribution in [0.25, 0.3) is 23.1 Å². The Kier molecular flexibility index (Phi) is 5.91. The molecule has 0 spiro atoms. The first-order valence-corrected chi connectivity index (χ1v) is 8.85. The first kappa shape index (κ1) is 19.4. The van der Waals surface area contributed by atoms with Gasteiger partial charge in [0.15, 0.2) is 0 Å². The van der Waals surface area contributed by atoms with Gasteiger partial charge >= 0.3 is 5.97 Å². The average molecular weight is 398 g/mol. The summed E-state index contributed by atoms with van der Waals surface area (Å²) in [6, 6.07) is 16.7. The van der Waals surface area contributed by atoms with Gasteiger partial charge in [0, 0.05) is 5.56 Å². The largest absolute Gasteiger partial charge is 0.462 e. The van der Waals surface area contributed by atoms with Crippen molar-refractivity contribution in [1.82, 2.24) is 0 Å². The number of esters is 1. The Balaban J connectivity index is 1.95. The molecule has 2 aromatic carbocycles. The van der Waals surface area contributed by atoms with Gasteiger partial charge in [-0.2, -0.15) is 0 Å². The zero-order chi connectivity index (χ0) is 20.1. The van der Waals surface area contributed by atoms with Crippen LogP contribution in [0, 0.1) is 10.1 Å². The SMILES string of the molecule is CCOC(=O)c1cc(-c2ccc(/C=C(/c3ccccc3)[N+](=O)[O-])o2)ccc1Cl. The predicted octanol–water partition coefficient (Wildman–Crippen LogP) is 5.55. The van der Waals surface area contributed by atoms with Crippen molar-refractivity contribution in [3.05, 3.63) is 92.7 Å². The summed E-state index contributed by atoms with van der Waals surface area (Å²) in [6.07, 6.45) is 1.36. The second-order valence-corrected chi connectivity index (χ2v) is 6.18. The van der Waals surface area contributed by atoms with Crippen molar-refractivity contribution in [2.24, 2.45) is 0 Å². The lowest BCUT2D eigenvalue weighted by Crippen LogP contribution is -2.05. The molecule has 0 aliphatic carbocycles. The minimum absolute atomic E-state index is 0.0789. The minimum atomic E-state index is -0.527. The molecule has 0 aliphatic heterocycles. The van der Waals surface area contributed by atoms with Crippen LogP contribution in [-0.2, 0) is 4.74 Å². The zero-order valence-electron chi connectivity index (χ0n) is 14.9. The summed E-state index contributed by atoms with van der Waals surface area (Å²) >= 11 is 6.08. The molecule has 0 bridgehead atoms. The molecule has 0 unspecified atom stereocenters. The second kappa shape index (κ2) is 8.54. The van der Waals surface area contributed by atoms with E-state index in [4.69, 9.17) is 20.8 Å². The summed E-state index contributed by atoms with van der Waals surface area (Å²) in [5.74, 6) is 0.239. The van der Waals surface area contributed by atoms with E-state index in [1.54, 1.807) is 67.6 Å². The lowest BCUT2D eigenvalue weighted by molar-refractivity contribution is -0.374. The van der Waals surface area contributed by atoms with Crippen LogP contribution >= 0.6 is 11.6 Å². The van der Waals surface area contributed by atoms with Crippen LogP contribution in [0.3, 0.4) is 0 Å². The van der Waals surface area contributed by atoms with Gasteiger partial charge in [-0.1, -0.05) is 29.8 Å². The number of benzene rings is 2. The van der Waals surface area contributed by atoms with Gasteiger partial charge in [-0.05, 0) is 49.4 Å². The van der Waals surface area contributed by atoms with Crippen LogP contribution in [0.4, 0.5) is 0 Å². The number of furan rings is 1. The van der Waals surface area contributed by atoms with Crippen LogP contribution in [-0.4, -0.2) is 17.5 Å². The van der Waals surface area contributed by atoms with Gasteiger partial charge < -0.3 is 9.15 Å². The molecular weight excluding hydrogens is 382 g/mol. The molecule has 142 valence electrons. The van der Waals surface area contributed by atoms with E-state index < -0.39 is 10.9 Å². The van der Waals surface area contributed by atoms with Crippen molar-refractivity contribution in [1.29, 1.82) is 0 Å². The molecule has 7 heteroatoms. The van der Waals surface area contributed by atoms with Crippen LogP contribution in [0.5, 0.6) is 0 Å². The fourth-order valence-corrected chi connectivity index (χ4v) is 2.81. The molecule has 0 radical (unpaired) electrons. The van der Waals surface area contributed by atoms with E-state index >= 15 is 0 Å². The lowest BCUT2D eigenvalue weighted by Gasteiger charge is -2.06. The summed E-state index contributed by atoms with van der Waals surface area (Å²) in [7, 11) is 0. The number of carbonyl (C=O) groups is 1. The molecule has 0 atom stereocenters. The van der Waals surface area contributed by atoms with E-state index in [0.29, 0.717) is 22.6 Å². The third-order valence-corrected chi connectivity index (χ3v) is 4.25. The topological polar surface area (TPSA) is 82.6 Å². The summed E-state index contributed by atoms with van der Waals surface area (Å²) in [5, 5.41) is 11.7. The molecule has 0 N–H and O–H groups in total. The summed E-state index contributed by atoms with van der Waals surface area (Å²) in [4.78, 5) is 23.0. The molecule has 0 saturated carbocycles. The van der Waals surface area contributed by atoms with Crippen LogP contribution in [0.15, 0.2) is 65.1 Å². The zero-order valence-corrected chi connectivity index (χ0v) is 15.7. The average Bonchev–Trinajstić information content (AvgIpc) is 3.16. The molecule has 6 nitrogen and oxygen atoms in total. The Hall–Kier alpha value is -3.38. The quantitative estimate of drug-likeness (QED) is 0.309. The van der Waals surface area contributed by atoms with Gasteiger partial charge in [0.2, 0.25) is 0 Å². The number of nitro groups is 1. The van der Waals surface area contributed by atoms with E-state index in [2.05, 4.69) is 0 Å². The summed E-state index contributed by atoms with van der Waals surface area (Å²) < 4.78 is 10.7. The molecule has 0 amide bonds. The van der Waals surface area contributed by atoms with E-state index in [1.807, 2.05) is 0 Å². The van der Waals surface area contributed by atoms with E-state index in [9.17, 15) is 14.9 Å². The Morgan fingerprint density at radius 3 is 2.61 bits per heavy atom. The van der Waals surface area contributed by atoms with Crippen LogP contribution in [0.1, 0.15) is 28.6 Å². The van der Waals surface area contributed by atoms with Gasteiger partial charge in [0.25, 0.3) is 5.70 Å². The van der Waals surface area contributed by atoms with E-state index in [1.165, 1.54) is 6.08 Å². The Morgan fingerprint density at radius 1 is 1.18 bits per heavy atom. The number of hydrogen-bond acceptors (Lipinski definition) is 5. The van der Waals surface area contributed by atoms with Crippen molar-refractivity contribution < 1.29 is 18.9 Å². The molecule has 1 aromatic heterocycles. The van der Waals surface area contributed by atoms with Crippen molar-refractivity contribution in [3.63, 3.8) is 0 Å². The maximum Gasteiger partial charge on any atom is 0.339 e. The van der Waals surface area contributed by atoms with Crippen LogP contribution in [0.2, 0.25) is 5.02 Å². The highest BCUT2D eigenvalue weighted by Gasteiger charge is 2.17. The Bertz CT molecular complexity index is 1040. The number of carbonyl (C=O) groups excluding carboxylic acids is 1. The summed E-state index contributed by atoms with van der Waals surface area (Å²) in [5.41, 5.74) is 1.23. The first-order chi connectivity index (χ1) is 13.5. The van der Waals surface area contributed by atoms with Crippen molar-refractivity contribution in [3.8, 4) is 11.3 Å². The maximum absolute atomic E-state index is 12.0. The number of nitrogens with zero attached hydrogens (tertiary/aromatic N) is 1. The van der Waals surface area contributed by atoms with Gasteiger partial charge in [-0.3, -0.25) is 10.1 Å². The highest BCUT2D eigenvalue weighted by Crippen LogP contribution is 2.29. The lowest BCUT2D eigenvalue weighted by atomic mass is 10.1. The maximum atomic E-state index is 12.0. The van der Waals surface area contributed by atoms with Crippen LogP contribution < -0.4 is 0 Å². The van der Waals surface area contributed by atoms with Crippen molar-refractivity contribution in [2.75, 3.05) is 6.61 Å². The minimum Gasteiger partial charge on any atom is -0.462 e. The monoisotopic (exact) mass is 397 g/mol. The van der Waals surface area contributed by atoms with Gasteiger partial charge in [-0.15, -0.1) is 0 Å². The standard InChI is InChI=1S/C21H16ClNO5/c1-2-27-21(24)17-12-15(8-10-18(17)22)20-11-9-16(28-20)13-19(23(25)26)14-6-4-3-5-7-14/h3-13H,2H2,1H3/b19-13-. The third-order valence-electron chi connectivity index (χ3n) is 3.92. The predicted molar refractivity (Wildman–Crippen MR) is 106 cm³/mol. The van der Waals surface area contributed by atoms with E-state index in [0.717, 1.165) is 0 Å². The first-order valence-electron chi connectivity index (χ1n) is 8.48. The fraction of sp³-hybridized carbons (Fsp3) is 0.0952. The molecule has 28 heavy (non-hydrogen) atoms. The number of halogens is 1. The fourth-order valence-electron chi connectivity index (χ4n) is 2.61. The second-order valence-electron chi connectivity index (χ2n) is 5.77. The molecule has 3 rings (SSSR count). The molecule has 0 saturated heterocycles. The number of ether oxygens (including phenoxy) is 1. The van der Waals surface area contributed by atoms with Gasteiger partial charge in [0.1, 0.15) is 11.5 Å². The Labute approximate surface area is 166 Å².